The van der Waals surface area contributed by atoms with Gasteiger partial charge in [-0.15, -0.1) is 0 Å². The van der Waals surface area contributed by atoms with E-state index < -0.39 is 0 Å². The average molecular weight is 410 g/mol. The Labute approximate surface area is 180 Å². The molecule has 0 N–H and O–H groups in total. The summed E-state index contributed by atoms with van der Waals surface area (Å²) >= 11 is 4.61. The van der Waals surface area contributed by atoms with Crippen LogP contribution in [0.25, 0.3) is 11.1 Å². The van der Waals surface area contributed by atoms with Gasteiger partial charge in [0.05, 0.1) is 5.16 Å². The van der Waals surface area contributed by atoms with Crippen LogP contribution in [0.4, 0.5) is 10.1 Å². The average Bonchev–Trinajstić information content (AvgIpc) is 2.74. The zero-order chi connectivity index (χ0) is 20.6. The number of halogens is 1. The van der Waals surface area contributed by atoms with E-state index in [-0.39, 0.29) is 11.5 Å². The van der Waals surface area contributed by atoms with Gasteiger partial charge in [0.15, 0.2) is 5.82 Å². The maximum atomic E-state index is 14.3. The highest BCUT2D eigenvalue weighted by molar-refractivity contribution is 7.78. The van der Waals surface area contributed by atoms with Crippen molar-refractivity contribution in [3.63, 3.8) is 0 Å². The van der Waals surface area contributed by atoms with E-state index in [0.29, 0.717) is 5.92 Å². The third kappa shape index (κ3) is 5.84. The van der Waals surface area contributed by atoms with Crippen LogP contribution in [-0.2, 0) is 0 Å². The Bertz CT molecular complexity index is 821. The number of rotatable bonds is 8. The number of unbranched alkanes of at least 4 members (excludes halogenated alkanes) is 3. The number of aryl methyl sites for hydroxylation is 1. The Balaban J connectivity index is 1.61. The Kier molecular flexibility index (Phi) is 8.15. The van der Waals surface area contributed by atoms with E-state index in [4.69, 9.17) is 0 Å². The van der Waals surface area contributed by atoms with Crippen molar-refractivity contribution >= 4 is 23.1 Å². The zero-order valence-electron chi connectivity index (χ0n) is 17.7. The Morgan fingerprint density at radius 1 is 1.00 bits per heavy atom. The summed E-state index contributed by atoms with van der Waals surface area (Å²) in [6, 6.07) is 12.2. The van der Waals surface area contributed by atoms with Crippen molar-refractivity contribution in [3.05, 3.63) is 53.3 Å². The van der Waals surface area contributed by atoms with Gasteiger partial charge in [0.25, 0.3) is 0 Å². The molecule has 29 heavy (non-hydrogen) atoms. The maximum absolute atomic E-state index is 14.3. The lowest BCUT2D eigenvalue weighted by Gasteiger charge is -2.29. The number of aliphatic imine (C=N–C) groups is 1. The quantitative estimate of drug-likeness (QED) is 0.241. The molecule has 0 spiro atoms. The van der Waals surface area contributed by atoms with Crippen molar-refractivity contribution in [2.24, 2.45) is 10.9 Å². The normalized spacial score (nSPS) is 19.0. The van der Waals surface area contributed by atoms with E-state index in [0.717, 1.165) is 22.6 Å². The summed E-state index contributed by atoms with van der Waals surface area (Å²) < 4.78 is 14.3. The minimum atomic E-state index is -0.348. The van der Waals surface area contributed by atoms with Crippen molar-refractivity contribution in [2.45, 2.75) is 77.6 Å². The summed E-state index contributed by atoms with van der Waals surface area (Å²) in [7, 11) is 0. The number of hydrogen-bond donors (Lipinski definition) is 0. The molecule has 1 saturated carbocycles. The molecule has 2 aromatic carbocycles. The van der Waals surface area contributed by atoms with Crippen molar-refractivity contribution in [1.29, 1.82) is 0 Å². The molecule has 1 aliphatic carbocycles. The molecule has 2 aromatic rings. The topological polar surface area (TPSA) is 12.4 Å². The van der Waals surface area contributed by atoms with Crippen LogP contribution >= 0.6 is 12.2 Å². The van der Waals surface area contributed by atoms with Gasteiger partial charge >= 0.3 is 0 Å². The van der Waals surface area contributed by atoms with Crippen LogP contribution in [0, 0.1) is 18.7 Å². The van der Waals surface area contributed by atoms with Gasteiger partial charge in [-0.2, -0.15) is 4.99 Å². The van der Waals surface area contributed by atoms with Crippen LogP contribution in [-0.4, -0.2) is 5.16 Å². The largest absolute Gasteiger partial charge is 0.205 e. The van der Waals surface area contributed by atoms with E-state index in [9.17, 15) is 4.39 Å². The number of thiocarbonyl (C=S) groups is 1. The van der Waals surface area contributed by atoms with Gasteiger partial charge < -0.3 is 0 Å². The fourth-order valence-electron chi connectivity index (χ4n) is 4.68. The minimum Gasteiger partial charge on any atom is -0.205 e. The summed E-state index contributed by atoms with van der Waals surface area (Å²) in [6.45, 7) is 4.13. The number of isothiocyanates is 1. The van der Waals surface area contributed by atoms with Crippen molar-refractivity contribution < 1.29 is 4.39 Å². The first-order valence-electron chi connectivity index (χ1n) is 11.1. The van der Waals surface area contributed by atoms with E-state index >= 15 is 0 Å². The highest BCUT2D eigenvalue weighted by Gasteiger charge is 2.22. The number of nitrogens with zero attached hydrogens (tertiary/aromatic N) is 1. The molecule has 0 aliphatic heterocycles. The second-order valence-electron chi connectivity index (χ2n) is 8.52. The van der Waals surface area contributed by atoms with E-state index in [2.05, 4.69) is 53.6 Å². The SMILES string of the molecule is CCCCCCC1CCC(c2ccc(-c3cc(C)c(N=C=S)c(F)c3)cc2)CC1. The van der Waals surface area contributed by atoms with Crippen molar-refractivity contribution in [3.8, 4) is 11.1 Å². The molecule has 0 unspecified atom stereocenters. The molecule has 0 radical (unpaired) electrons. The molecule has 0 bridgehead atoms. The summed E-state index contributed by atoms with van der Waals surface area (Å²) in [4.78, 5) is 3.84. The van der Waals surface area contributed by atoms with Gasteiger partial charge in [0.2, 0.25) is 0 Å². The molecule has 1 fully saturated rings. The zero-order valence-corrected chi connectivity index (χ0v) is 18.5. The first-order valence-corrected chi connectivity index (χ1v) is 11.5. The first kappa shape index (κ1) is 21.9. The van der Waals surface area contributed by atoms with E-state index in [1.54, 1.807) is 0 Å². The van der Waals surface area contributed by atoms with Crippen LogP contribution < -0.4 is 0 Å². The molecule has 154 valence electrons. The van der Waals surface area contributed by atoms with E-state index in [1.807, 2.05) is 13.0 Å². The van der Waals surface area contributed by atoms with Crippen LogP contribution in [0.1, 0.15) is 81.8 Å². The maximum Gasteiger partial charge on any atom is 0.150 e. The van der Waals surface area contributed by atoms with Gasteiger partial charge in [-0.25, -0.2) is 4.39 Å². The molecule has 1 nitrogen and oxygen atoms in total. The highest BCUT2D eigenvalue weighted by Crippen LogP contribution is 2.38. The van der Waals surface area contributed by atoms with Gasteiger partial charge in [0.1, 0.15) is 5.69 Å². The Morgan fingerprint density at radius 3 is 2.34 bits per heavy atom. The highest BCUT2D eigenvalue weighted by atomic mass is 32.1. The second-order valence-corrected chi connectivity index (χ2v) is 8.70. The standard InChI is InChI=1S/C26H32FNS/c1-3-4-5-6-7-20-8-10-21(11-9-20)22-12-14-23(15-13-22)24-16-19(2)26(28-18-29)25(27)17-24/h12-17,20-21H,3-11H2,1-2H3. The molecule has 0 heterocycles. The monoisotopic (exact) mass is 409 g/mol. The summed E-state index contributed by atoms with van der Waals surface area (Å²) in [5.74, 6) is 1.26. The lowest BCUT2D eigenvalue weighted by molar-refractivity contribution is 0.302. The first-order chi connectivity index (χ1) is 14.1. The van der Waals surface area contributed by atoms with Gasteiger partial charge in [0, 0.05) is 0 Å². The van der Waals surface area contributed by atoms with E-state index in [1.165, 1.54) is 69.4 Å². The van der Waals surface area contributed by atoms with Gasteiger partial charge in [-0.1, -0.05) is 63.3 Å². The molecule has 3 heteroatoms. The fourth-order valence-corrected chi connectivity index (χ4v) is 4.77. The predicted octanol–water partition coefficient (Wildman–Crippen LogP) is 8.78. The van der Waals surface area contributed by atoms with Crippen LogP contribution in [0.3, 0.4) is 0 Å². The molecule has 0 atom stereocenters. The van der Waals surface area contributed by atoms with Gasteiger partial charge in [-0.05, 0) is 91.0 Å². The Hall–Kier alpha value is -1.83. The predicted molar refractivity (Wildman–Crippen MR) is 125 cm³/mol. The van der Waals surface area contributed by atoms with Crippen molar-refractivity contribution in [1.82, 2.24) is 0 Å². The third-order valence-corrected chi connectivity index (χ3v) is 6.53. The summed E-state index contributed by atoms with van der Waals surface area (Å²) in [5.41, 5.74) is 4.41. The molecule has 3 rings (SSSR count). The molecule has 0 aromatic heterocycles. The lowest BCUT2D eigenvalue weighted by atomic mass is 9.77. The molecular weight excluding hydrogens is 377 g/mol. The number of benzene rings is 2. The van der Waals surface area contributed by atoms with Gasteiger partial charge in [-0.3, -0.25) is 0 Å². The summed E-state index contributed by atoms with van der Waals surface area (Å²) in [6.07, 6.45) is 12.3. The summed E-state index contributed by atoms with van der Waals surface area (Å²) in [5, 5.41) is 2.26. The molecule has 1 aliphatic rings. The third-order valence-electron chi connectivity index (χ3n) is 6.44. The minimum absolute atomic E-state index is 0.284. The Morgan fingerprint density at radius 2 is 1.72 bits per heavy atom. The molecule has 0 saturated heterocycles. The van der Waals surface area contributed by atoms with Crippen molar-refractivity contribution in [2.75, 3.05) is 0 Å². The number of hydrogen-bond acceptors (Lipinski definition) is 2. The second kappa shape index (κ2) is 10.8. The van der Waals surface area contributed by atoms with Crippen LogP contribution in [0.15, 0.2) is 41.4 Å². The molecule has 0 amide bonds. The lowest BCUT2D eigenvalue weighted by Crippen LogP contribution is -2.13. The smallest absolute Gasteiger partial charge is 0.150 e. The fraction of sp³-hybridized carbons (Fsp3) is 0.500. The van der Waals surface area contributed by atoms with Crippen LogP contribution in [0.2, 0.25) is 0 Å². The van der Waals surface area contributed by atoms with Crippen LogP contribution in [0.5, 0.6) is 0 Å². The molecular formula is C26H32FNS.